The summed E-state index contributed by atoms with van der Waals surface area (Å²) in [5.41, 5.74) is 2.40. The van der Waals surface area contributed by atoms with Crippen LogP contribution in [0, 0.1) is 0 Å². The van der Waals surface area contributed by atoms with Crippen LogP contribution in [-0.4, -0.2) is 42.2 Å². The molecule has 1 aliphatic rings. The van der Waals surface area contributed by atoms with Crippen LogP contribution in [-0.2, 0) is 17.8 Å². The molecule has 2 rings (SSSR count). The second kappa shape index (κ2) is 7.58. The van der Waals surface area contributed by atoms with Crippen molar-refractivity contribution in [3.8, 4) is 0 Å². The highest BCUT2D eigenvalue weighted by atomic mass is 16.5. The Morgan fingerprint density at radius 3 is 2.95 bits per heavy atom. The van der Waals surface area contributed by atoms with Crippen LogP contribution in [0.2, 0.25) is 0 Å². The molecule has 0 spiro atoms. The van der Waals surface area contributed by atoms with E-state index in [1.54, 1.807) is 0 Å². The molecule has 1 aromatic rings. The number of rotatable bonds is 5. The van der Waals surface area contributed by atoms with Gasteiger partial charge in [0.2, 0.25) is 0 Å². The predicted molar refractivity (Wildman–Crippen MR) is 76.9 cm³/mol. The van der Waals surface area contributed by atoms with E-state index in [1.807, 2.05) is 6.20 Å². The van der Waals surface area contributed by atoms with Gasteiger partial charge in [0.1, 0.15) is 0 Å². The molecular weight excluding hydrogens is 238 g/mol. The molecule has 0 aromatic carbocycles. The van der Waals surface area contributed by atoms with Crippen LogP contribution in [0.3, 0.4) is 0 Å². The number of aromatic nitrogens is 1. The number of hydrogen-bond acceptors (Lipinski definition) is 4. The molecule has 2 heterocycles. The largest absolute Gasteiger partial charge is 0.380 e. The van der Waals surface area contributed by atoms with Crippen LogP contribution in [0.1, 0.15) is 31.5 Å². The fourth-order valence-electron chi connectivity index (χ4n) is 2.16. The van der Waals surface area contributed by atoms with Crippen molar-refractivity contribution in [1.29, 1.82) is 0 Å². The zero-order valence-corrected chi connectivity index (χ0v) is 12.1. The van der Waals surface area contributed by atoms with Gasteiger partial charge >= 0.3 is 0 Å². The Morgan fingerprint density at radius 1 is 1.32 bits per heavy atom. The quantitative estimate of drug-likeness (QED) is 0.879. The molecule has 106 valence electrons. The summed E-state index contributed by atoms with van der Waals surface area (Å²) in [6.07, 6.45) is 3.11. The van der Waals surface area contributed by atoms with Gasteiger partial charge in [-0.15, -0.1) is 0 Å². The third-order valence-corrected chi connectivity index (χ3v) is 3.30. The summed E-state index contributed by atoms with van der Waals surface area (Å²) in [4.78, 5) is 6.98. The van der Waals surface area contributed by atoms with Gasteiger partial charge in [-0.3, -0.25) is 9.88 Å². The molecular formula is C15H25N3O. The van der Waals surface area contributed by atoms with Crippen LogP contribution in [0.4, 0.5) is 0 Å². The molecule has 0 unspecified atom stereocenters. The van der Waals surface area contributed by atoms with E-state index in [0.717, 1.165) is 51.5 Å². The van der Waals surface area contributed by atoms with E-state index in [9.17, 15) is 0 Å². The van der Waals surface area contributed by atoms with Crippen LogP contribution < -0.4 is 5.32 Å². The number of hydrogen-bond donors (Lipinski definition) is 1. The molecule has 1 N–H and O–H groups in total. The van der Waals surface area contributed by atoms with Crippen LogP contribution >= 0.6 is 0 Å². The summed E-state index contributed by atoms with van der Waals surface area (Å²) in [7, 11) is 0. The SMILES string of the molecule is CC(C)NCc1ccc(CN2CCCOCC2)nc1. The zero-order valence-electron chi connectivity index (χ0n) is 12.1. The van der Waals surface area contributed by atoms with Gasteiger partial charge in [0.25, 0.3) is 0 Å². The summed E-state index contributed by atoms with van der Waals surface area (Å²) in [6.45, 7) is 9.99. The van der Waals surface area contributed by atoms with Crippen LogP contribution in [0.25, 0.3) is 0 Å². The minimum atomic E-state index is 0.511. The van der Waals surface area contributed by atoms with Crippen molar-refractivity contribution in [1.82, 2.24) is 15.2 Å². The first-order chi connectivity index (χ1) is 9.24. The molecule has 19 heavy (non-hydrogen) atoms. The fraction of sp³-hybridized carbons (Fsp3) is 0.667. The molecule has 1 fully saturated rings. The molecule has 0 bridgehead atoms. The Hall–Kier alpha value is -0.970. The number of pyridine rings is 1. The minimum Gasteiger partial charge on any atom is -0.380 e. The maximum absolute atomic E-state index is 5.47. The molecule has 0 amide bonds. The van der Waals surface area contributed by atoms with E-state index >= 15 is 0 Å². The third-order valence-electron chi connectivity index (χ3n) is 3.30. The van der Waals surface area contributed by atoms with Gasteiger partial charge in [0.05, 0.1) is 12.3 Å². The van der Waals surface area contributed by atoms with E-state index in [2.05, 4.69) is 41.2 Å². The molecule has 0 radical (unpaired) electrons. The standard InChI is InChI=1S/C15H25N3O/c1-13(2)16-10-14-4-5-15(17-11-14)12-18-6-3-8-19-9-7-18/h4-5,11,13,16H,3,6-10,12H2,1-2H3. The lowest BCUT2D eigenvalue weighted by atomic mass is 10.2. The van der Waals surface area contributed by atoms with Gasteiger partial charge in [-0.1, -0.05) is 19.9 Å². The third kappa shape index (κ3) is 5.27. The number of nitrogens with zero attached hydrogens (tertiary/aromatic N) is 2. The molecule has 0 saturated carbocycles. The normalized spacial score (nSPS) is 17.6. The molecule has 0 aliphatic carbocycles. The van der Waals surface area contributed by atoms with E-state index < -0.39 is 0 Å². The first-order valence-electron chi connectivity index (χ1n) is 7.21. The monoisotopic (exact) mass is 263 g/mol. The number of ether oxygens (including phenoxy) is 1. The lowest BCUT2D eigenvalue weighted by Gasteiger charge is -2.18. The first kappa shape index (κ1) is 14.4. The van der Waals surface area contributed by atoms with Gasteiger partial charge < -0.3 is 10.1 Å². The first-order valence-corrected chi connectivity index (χ1v) is 7.21. The topological polar surface area (TPSA) is 37.4 Å². The summed E-state index contributed by atoms with van der Waals surface area (Å²) in [6, 6.07) is 4.83. The fourth-order valence-corrected chi connectivity index (χ4v) is 2.16. The maximum Gasteiger partial charge on any atom is 0.0593 e. The van der Waals surface area contributed by atoms with Crippen molar-refractivity contribution in [3.63, 3.8) is 0 Å². The summed E-state index contributed by atoms with van der Waals surface area (Å²) in [5, 5.41) is 3.40. The Balaban J connectivity index is 1.83. The van der Waals surface area contributed by atoms with Crippen LogP contribution in [0.15, 0.2) is 18.3 Å². The Kier molecular flexibility index (Phi) is 5.76. The lowest BCUT2D eigenvalue weighted by Crippen LogP contribution is -2.26. The molecule has 1 saturated heterocycles. The Labute approximate surface area is 116 Å². The van der Waals surface area contributed by atoms with Crippen molar-refractivity contribution >= 4 is 0 Å². The zero-order chi connectivity index (χ0) is 13.5. The van der Waals surface area contributed by atoms with Crippen molar-refractivity contribution < 1.29 is 4.74 Å². The van der Waals surface area contributed by atoms with E-state index in [-0.39, 0.29) is 0 Å². The molecule has 1 aliphatic heterocycles. The van der Waals surface area contributed by atoms with Gasteiger partial charge in [-0.25, -0.2) is 0 Å². The summed E-state index contributed by atoms with van der Waals surface area (Å²) >= 11 is 0. The molecule has 4 heteroatoms. The highest BCUT2D eigenvalue weighted by Crippen LogP contribution is 2.07. The minimum absolute atomic E-state index is 0.511. The van der Waals surface area contributed by atoms with Gasteiger partial charge in [-0.2, -0.15) is 0 Å². The Morgan fingerprint density at radius 2 is 2.21 bits per heavy atom. The second-order valence-corrected chi connectivity index (χ2v) is 5.44. The summed E-state index contributed by atoms with van der Waals surface area (Å²) < 4.78 is 5.47. The van der Waals surface area contributed by atoms with E-state index in [0.29, 0.717) is 6.04 Å². The van der Waals surface area contributed by atoms with Gasteiger partial charge in [0, 0.05) is 45.0 Å². The van der Waals surface area contributed by atoms with Gasteiger partial charge in [0.15, 0.2) is 0 Å². The molecule has 4 nitrogen and oxygen atoms in total. The highest BCUT2D eigenvalue weighted by molar-refractivity contribution is 5.14. The second-order valence-electron chi connectivity index (χ2n) is 5.44. The van der Waals surface area contributed by atoms with Crippen molar-refractivity contribution in [3.05, 3.63) is 29.6 Å². The summed E-state index contributed by atoms with van der Waals surface area (Å²) in [5.74, 6) is 0. The lowest BCUT2D eigenvalue weighted by molar-refractivity contribution is 0.140. The van der Waals surface area contributed by atoms with Crippen LogP contribution in [0.5, 0.6) is 0 Å². The highest BCUT2D eigenvalue weighted by Gasteiger charge is 2.10. The van der Waals surface area contributed by atoms with Crippen molar-refractivity contribution in [2.75, 3.05) is 26.3 Å². The molecule has 0 atom stereocenters. The average Bonchev–Trinajstić information content (AvgIpc) is 2.66. The van der Waals surface area contributed by atoms with Crippen molar-refractivity contribution in [2.24, 2.45) is 0 Å². The maximum atomic E-state index is 5.47. The Bertz CT molecular complexity index is 356. The number of nitrogens with one attached hydrogen (secondary N) is 1. The average molecular weight is 263 g/mol. The smallest absolute Gasteiger partial charge is 0.0593 e. The van der Waals surface area contributed by atoms with E-state index in [4.69, 9.17) is 4.74 Å². The predicted octanol–water partition coefficient (Wildman–Crippen LogP) is 1.80. The van der Waals surface area contributed by atoms with Crippen molar-refractivity contribution in [2.45, 2.75) is 39.4 Å². The van der Waals surface area contributed by atoms with E-state index in [1.165, 1.54) is 5.56 Å². The molecule has 1 aromatic heterocycles. The van der Waals surface area contributed by atoms with Gasteiger partial charge in [-0.05, 0) is 18.1 Å².